The number of ether oxygens (including phenoxy) is 1. The van der Waals surface area contributed by atoms with E-state index in [1.165, 1.54) is 22.0 Å². The summed E-state index contributed by atoms with van der Waals surface area (Å²) in [7, 11) is 0. The van der Waals surface area contributed by atoms with Crippen molar-refractivity contribution in [2.24, 2.45) is 0 Å². The van der Waals surface area contributed by atoms with E-state index in [4.69, 9.17) is 4.74 Å². The van der Waals surface area contributed by atoms with E-state index in [0.29, 0.717) is 50.2 Å². The van der Waals surface area contributed by atoms with Crippen molar-refractivity contribution in [2.75, 3.05) is 32.8 Å². The minimum Gasteiger partial charge on any atom is -0.450 e. The summed E-state index contributed by atoms with van der Waals surface area (Å²) in [5.74, 6) is 0.672. The van der Waals surface area contributed by atoms with Gasteiger partial charge in [0.1, 0.15) is 5.25 Å². The van der Waals surface area contributed by atoms with Crippen LogP contribution < -0.4 is 0 Å². The first-order valence-electron chi connectivity index (χ1n) is 11.0. The summed E-state index contributed by atoms with van der Waals surface area (Å²) in [5, 5.41) is 4.75. The van der Waals surface area contributed by atoms with Gasteiger partial charge < -0.3 is 9.64 Å². The fourth-order valence-electron chi connectivity index (χ4n) is 4.12. The molecule has 2 atom stereocenters. The summed E-state index contributed by atoms with van der Waals surface area (Å²) in [6.45, 7) is 8.82. The molecule has 9 heteroatoms. The topological polar surface area (TPSA) is 80.6 Å². The zero-order chi connectivity index (χ0) is 22.0. The van der Waals surface area contributed by atoms with Gasteiger partial charge in [-0.05, 0) is 24.5 Å². The van der Waals surface area contributed by atoms with E-state index in [0.717, 1.165) is 12.0 Å². The molecule has 8 nitrogen and oxygen atoms in total. The standard InChI is InChI=1S/C22H29N5O3S/c1-4-15-7-9-16(10-8-15)18(25-11-13-26(14-12-25)22(29)30-6-3)19-20(28)27-21(31-19)23-17(5-2)24-27/h7-10,18-19H,4-6,11-14H2,1-3H3. The number of rotatable bonds is 6. The van der Waals surface area contributed by atoms with Crippen molar-refractivity contribution in [2.45, 2.75) is 50.1 Å². The third-order valence-electron chi connectivity index (χ3n) is 5.87. The molecular weight excluding hydrogens is 414 g/mol. The van der Waals surface area contributed by atoms with Crippen LogP contribution in [0.5, 0.6) is 0 Å². The predicted molar refractivity (Wildman–Crippen MR) is 118 cm³/mol. The SMILES string of the molecule is CCOC(=O)N1CCN(C(c2ccc(CC)cc2)C2Sc3nc(CC)nn3C2=O)CC1. The van der Waals surface area contributed by atoms with E-state index in [-0.39, 0.29) is 23.3 Å². The van der Waals surface area contributed by atoms with Gasteiger partial charge in [-0.1, -0.05) is 49.9 Å². The van der Waals surface area contributed by atoms with Gasteiger partial charge in [-0.15, -0.1) is 5.10 Å². The monoisotopic (exact) mass is 443 g/mol. The molecule has 166 valence electrons. The Morgan fingerprint density at radius 2 is 1.84 bits per heavy atom. The number of nitrogens with zero attached hydrogens (tertiary/aromatic N) is 5. The van der Waals surface area contributed by atoms with Crippen LogP contribution in [0.1, 0.15) is 48.6 Å². The maximum Gasteiger partial charge on any atom is 0.409 e. The Kier molecular flexibility index (Phi) is 6.62. The van der Waals surface area contributed by atoms with Crippen molar-refractivity contribution in [1.82, 2.24) is 24.6 Å². The zero-order valence-corrected chi connectivity index (χ0v) is 19.1. The Morgan fingerprint density at radius 3 is 2.42 bits per heavy atom. The number of carbonyl (C=O) groups is 2. The number of thioether (sulfide) groups is 1. The molecule has 3 heterocycles. The summed E-state index contributed by atoms with van der Waals surface area (Å²) in [4.78, 5) is 34.0. The number of benzene rings is 1. The maximum atomic E-state index is 13.3. The van der Waals surface area contributed by atoms with Gasteiger partial charge in [0, 0.05) is 32.6 Å². The van der Waals surface area contributed by atoms with Crippen LogP contribution in [-0.4, -0.2) is 74.6 Å². The van der Waals surface area contributed by atoms with Crippen molar-refractivity contribution < 1.29 is 14.3 Å². The van der Waals surface area contributed by atoms with Gasteiger partial charge in [0.2, 0.25) is 0 Å². The molecule has 1 saturated heterocycles. The molecule has 1 aromatic heterocycles. The average Bonchev–Trinajstić information content (AvgIpc) is 3.34. The molecule has 1 fully saturated rings. The first kappa shape index (κ1) is 21.8. The van der Waals surface area contributed by atoms with Gasteiger partial charge in [-0.2, -0.15) is 4.68 Å². The zero-order valence-electron chi connectivity index (χ0n) is 18.3. The Morgan fingerprint density at radius 1 is 1.13 bits per heavy atom. The maximum absolute atomic E-state index is 13.3. The third-order valence-corrected chi connectivity index (χ3v) is 7.06. The lowest BCUT2D eigenvalue weighted by Gasteiger charge is -2.40. The van der Waals surface area contributed by atoms with Crippen LogP contribution in [0, 0.1) is 0 Å². The van der Waals surface area contributed by atoms with E-state index in [1.807, 2.05) is 13.8 Å². The number of aryl methyl sites for hydroxylation is 2. The van der Waals surface area contributed by atoms with Crippen LogP contribution >= 0.6 is 11.8 Å². The van der Waals surface area contributed by atoms with Crippen molar-refractivity contribution in [3.63, 3.8) is 0 Å². The number of fused-ring (bicyclic) bond motifs is 1. The van der Waals surface area contributed by atoms with Crippen molar-refractivity contribution in [1.29, 1.82) is 0 Å². The highest BCUT2D eigenvalue weighted by Crippen LogP contribution is 2.41. The summed E-state index contributed by atoms with van der Waals surface area (Å²) in [6, 6.07) is 8.41. The molecule has 0 aliphatic carbocycles. The lowest BCUT2D eigenvalue weighted by Crippen LogP contribution is -2.52. The molecule has 2 aromatic rings. The van der Waals surface area contributed by atoms with Crippen LogP contribution in [0.25, 0.3) is 0 Å². The van der Waals surface area contributed by atoms with Crippen LogP contribution in [0.3, 0.4) is 0 Å². The number of amides is 1. The second-order valence-electron chi connectivity index (χ2n) is 7.71. The molecule has 2 aliphatic heterocycles. The van der Waals surface area contributed by atoms with Crippen molar-refractivity contribution >= 4 is 23.8 Å². The number of hydrogen-bond acceptors (Lipinski definition) is 7. The summed E-state index contributed by atoms with van der Waals surface area (Å²) in [6.07, 6.45) is 1.41. The van der Waals surface area contributed by atoms with E-state index < -0.39 is 0 Å². The lowest BCUT2D eigenvalue weighted by molar-refractivity contribution is 0.0600. The molecule has 0 radical (unpaired) electrons. The van der Waals surface area contributed by atoms with Crippen LogP contribution in [0.4, 0.5) is 4.79 Å². The molecule has 31 heavy (non-hydrogen) atoms. The Labute approximate surface area is 186 Å². The normalized spacial score (nSPS) is 20.0. The first-order valence-corrected chi connectivity index (χ1v) is 11.8. The van der Waals surface area contributed by atoms with Gasteiger partial charge >= 0.3 is 6.09 Å². The van der Waals surface area contributed by atoms with E-state index >= 15 is 0 Å². The summed E-state index contributed by atoms with van der Waals surface area (Å²) >= 11 is 1.50. The molecule has 1 aromatic carbocycles. The molecule has 1 amide bonds. The van der Waals surface area contributed by atoms with Gasteiger partial charge in [-0.25, -0.2) is 9.78 Å². The van der Waals surface area contributed by atoms with E-state index in [2.05, 4.69) is 46.2 Å². The Hall–Kier alpha value is -2.39. The number of aromatic nitrogens is 3. The Bertz CT molecular complexity index is 937. The van der Waals surface area contributed by atoms with E-state index in [9.17, 15) is 9.59 Å². The molecule has 2 aliphatic rings. The molecule has 4 rings (SSSR count). The molecule has 2 unspecified atom stereocenters. The Balaban J connectivity index is 1.58. The highest BCUT2D eigenvalue weighted by molar-refractivity contribution is 8.00. The minimum absolute atomic E-state index is 0.0235. The highest BCUT2D eigenvalue weighted by atomic mass is 32.2. The fourth-order valence-corrected chi connectivity index (χ4v) is 5.39. The second-order valence-corrected chi connectivity index (χ2v) is 8.82. The van der Waals surface area contributed by atoms with Crippen molar-refractivity contribution in [3.8, 4) is 0 Å². The highest BCUT2D eigenvalue weighted by Gasteiger charge is 2.43. The molecule has 0 bridgehead atoms. The third kappa shape index (κ3) is 4.34. The number of hydrogen-bond donors (Lipinski definition) is 0. The lowest BCUT2D eigenvalue weighted by atomic mass is 9.98. The predicted octanol–water partition coefficient (Wildman–Crippen LogP) is 3.03. The quantitative estimate of drug-likeness (QED) is 0.679. The largest absolute Gasteiger partial charge is 0.450 e. The van der Waals surface area contributed by atoms with Crippen LogP contribution in [0.15, 0.2) is 29.4 Å². The van der Waals surface area contributed by atoms with Gasteiger partial charge in [0.25, 0.3) is 5.91 Å². The van der Waals surface area contributed by atoms with E-state index in [1.54, 1.807) is 4.90 Å². The van der Waals surface area contributed by atoms with Gasteiger partial charge in [0.15, 0.2) is 11.0 Å². The fraction of sp³-hybridized carbons (Fsp3) is 0.545. The smallest absolute Gasteiger partial charge is 0.409 e. The average molecular weight is 444 g/mol. The molecule has 0 spiro atoms. The second kappa shape index (κ2) is 9.40. The molecule has 0 N–H and O–H groups in total. The number of piperazine rings is 1. The van der Waals surface area contributed by atoms with Crippen LogP contribution in [0.2, 0.25) is 0 Å². The number of carbonyl (C=O) groups excluding carboxylic acids is 2. The molecule has 0 saturated carbocycles. The van der Waals surface area contributed by atoms with Gasteiger partial charge in [-0.3, -0.25) is 9.69 Å². The molecular formula is C22H29N5O3S. The van der Waals surface area contributed by atoms with Crippen molar-refractivity contribution in [3.05, 3.63) is 41.2 Å². The summed E-state index contributed by atoms with van der Waals surface area (Å²) in [5.41, 5.74) is 2.37. The van der Waals surface area contributed by atoms with Gasteiger partial charge in [0.05, 0.1) is 12.6 Å². The minimum atomic E-state index is -0.317. The first-order chi connectivity index (χ1) is 15.0. The summed E-state index contributed by atoms with van der Waals surface area (Å²) < 4.78 is 6.62. The van der Waals surface area contributed by atoms with Crippen LogP contribution in [-0.2, 0) is 17.6 Å².